The van der Waals surface area contributed by atoms with E-state index in [1.165, 1.54) is 12.1 Å². The van der Waals surface area contributed by atoms with Gasteiger partial charge in [0.05, 0.1) is 18.2 Å². The Hall–Kier alpha value is -2.93. The molecule has 0 saturated carbocycles. The summed E-state index contributed by atoms with van der Waals surface area (Å²) in [5.41, 5.74) is 0.586. The summed E-state index contributed by atoms with van der Waals surface area (Å²) in [6.45, 7) is 2.77. The van der Waals surface area contributed by atoms with E-state index < -0.39 is 0 Å². The third kappa shape index (κ3) is 3.89. The summed E-state index contributed by atoms with van der Waals surface area (Å²) in [5.74, 6) is 1.89. The Kier molecular flexibility index (Phi) is 5.12. The van der Waals surface area contributed by atoms with Crippen LogP contribution in [0, 0.1) is 5.82 Å². The van der Waals surface area contributed by atoms with Crippen molar-refractivity contribution in [3.05, 3.63) is 54.3 Å². The summed E-state index contributed by atoms with van der Waals surface area (Å²) in [5, 5.41) is 10.8. The van der Waals surface area contributed by atoms with Crippen molar-refractivity contribution in [1.82, 2.24) is 9.97 Å². The minimum absolute atomic E-state index is 0.0463. The van der Waals surface area contributed by atoms with Gasteiger partial charge in [-0.3, -0.25) is 0 Å². The summed E-state index contributed by atoms with van der Waals surface area (Å²) in [6, 6.07) is 14.5. The number of benzene rings is 2. The minimum Gasteiger partial charge on any atom is -0.489 e. The fourth-order valence-corrected chi connectivity index (χ4v) is 4.30. The second kappa shape index (κ2) is 8.07. The molecule has 7 heteroatoms. The molecule has 2 aliphatic heterocycles. The monoisotopic (exact) mass is 408 g/mol. The molecule has 2 saturated heterocycles. The van der Waals surface area contributed by atoms with Crippen LogP contribution in [-0.4, -0.2) is 53.5 Å². The SMILES string of the molecule is OC1CCN(c2nc(N3CCCC(Oc4ccccc4)C3)nc3cc(F)ccc23)C1. The van der Waals surface area contributed by atoms with Gasteiger partial charge in [0.2, 0.25) is 5.95 Å². The first-order chi connectivity index (χ1) is 14.7. The number of para-hydroxylation sites is 1. The van der Waals surface area contributed by atoms with Gasteiger partial charge < -0.3 is 19.6 Å². The first kappa shape index (κ1) is 19.1. The number of nitrogens with zero attached hydrogens (tertiary/aromatic N) is 4. The Labute approximate surface area is 174 Å². The number of aliphatic hydroxyl groups is 1. The van der Waals surface area contributed by atoms with Gasteiger partial charge >= 0.3 is 0 Å². The van der Waals surface area contributed by atoms with Crippen molar-refractivity contribution in [2.24, 2.45) is 0 Å². The number of hydrogen-bond acceptors (Lipinski definition) is 6. The highest BCUT2D eigenvalue weighted by atomic mass is 19.1. The molecule has 30 heavy (non-hydrogen) atoms. The van der Waals surface area contributed by atoms with Crippen molar-refractivity contribution < 1.29 is 14.2 Å². The van der Waals surface area contributed by atoms with E-state index in [2.05, 4.69) is 14.8 Å². The maximum Gasteiger partial charge on any atom is 0.228 e. The summed E-state index contributed by atoms with van der Waals surface area (Å²) in [6.07, 6.45) is 2.33. The van der Waals surface area contributed by atoms with Crippen LogP contribution in [-0.2, 0) is 0 Å². The lowest BCUT2D eigenvalue weighted by molar-refractivity contribution is 0.178. The van der Waals surface area contributed by atoms with Crippen LogP contribution in [0.5, 0.6) is 5.75 Å². The zero-order chi connectivity index (χ0) is 20.5. The number of piperidine rings is 1. The number of anilines is 2. The maximum absolute atomic E-state index is 13.9. The smallest absolute Gasteiger partial charge is 0.228 e. The molecule has 6 nitrogen and oxygen atoms in total. The van der Waals surface area contributed by atoms with Crippen LogP contribution >= 0.6 is 0 Å². The number of fused-ring (bicyclic) bond motifs is 1. The Morgan fingerprint density at radius 1 is 0.967 bits per heavy atom. The van der Waals surface area contributed by atoms with E-state index >= 15 is 0 Å². The summed E-state index contributed by atoms with van der Waals surface area (Å²) in [7, 11) is 0. The molecule has 0 bridgehead atoms. The third-order valence-electron chi connectivity index (χ3n) is 5.80. The quantitative estimate of drug-likeness (QED) is 0.714. The number of halogens is 1. The summed E-state index contributed by atoms with van der Waals surface area (Å²) in [4.78, 5) is 13.7. The Morgan fingerprint density at radius 2 is 1.83 bits per heavy atom. The molecule has 0 amide bonds. The number of aliphatic hydroxyl groups excluding tert-OH is 1. The lowest BCUT2D eigenvalue weighted by Gasteiger charge is -2.33. The van der Waals surface area contributed by atoms with E-state index in [1.54, 1.807) is 6.07 Å². The van der Waals surface area contributed by atoms with E-state index in [4.69, 9.17) is 9.72 Å². The highest BCUT2D eigenvalue weighted by Gasteiger charge is 2.27. The fraction of sp³-hybridized carbons (Fsp3) is 0.391. The average Bonchev–Trinajstić information content (AvgIpc) is 3.20. The molecule has 3 heterocycles. The van der Waals surface area contributed by atoms with Crippen LogP contribution < -0.4 is 14.5 Å². The van der Waals surface area contributed by atoms with Crippen LogP contribution in [0.2, 0.25) is 0 Å². The predicted octanol–water partition coefficient (Wildman–Crippen LogP) is 3.39. The number of aromatic nitrogens is 2. The molecule has 2 atom stereocenters. The molecule has 0 radical (unpaired) electrons. The molecule has 2 aromatic carbocycles. The summed E-state index contributed by atoms with van der Waals surface area (Å²) >= 11 is 0. The molecule has 2 unspecified atom stereocenters. The maximum atomic E-state index is 13.9. The molecular formula is C23H25FN4O2. The second-order valence-electron chi connectivity index (χ2n) is 8.04. The predicted molar refractivity (Wildman–Crippen MR) is 115 cm³/mol. The van der Waals surface area contributed by atoms with Crippen molar-refractivity contribution >= 4 is 22.7 Å². The molecule has 2 aliphatic rings. The second-order valence-corrected chi connectivity index (χ2v) is 8.04. The van der Waals surface area contributed by atoms with Crippen molar-refractivity contribution in [2.75, 3.05) is 36.0 Å². The Balaban J connectivity index is 1.45. The van der Waals surface area contributed by atoms with Crippen LogP contribution in [0.25, 0.3) is 10.9 Å². The lowest BCUT2D eigenvalue weighted by Crippen LogP contribution is -2.42. The normalized spacial score (nSPS) is 21.9. The number of rotatable bonds is 4. The summed E-state index contributed by atoms with van der Waals surface area (Å²) < 4.78 is 20.1. The Morgan fingerprint density at radius 3 is 2.63 bits per heavy atom. The van der Waals surface area contributed by atoms with Gasteiger partial charge in [-0.05, 0) is 43.5 Å². The number of ether oxygens (including phenoxy) is 1. The molecule has 1 N–H and O–H groups in total. The van der Waals surface area contributed by atoms with Crippen LogP contribution in [0.4, 0.5) is 16.2 Å². The molecule has 2 fully saturated rings. The third-order valence-corrected chi connectivity index (χ3v) is 5.80. The van der Waals surface area contributed by atoms with Gasteiger partial charge in [0.1, 0.15) is 23.5 Å². The number of hydrogen-bond donors (Lipinski definition) is 1. The first-order valence-electron chi connectivity index (χ1n) is 10.5. The molecule has 156 valence electrons. The van der Waals surface area contributed by atoms with Gasteiger partial charge in [0.25, 0.3) is 0 Å². The lowest BCUT2D eigenvalue weighted by atomic mass is 10.1. The van der Waals surface area contributed by atoms with Gasteiger partial charge in [0.15, 0.2) is 0 Å². The van der Waals surface area contributed by atoms with Gasteiger partial charge in [-0.25, -0.2) is 9.37 Å². The van der Waals surface area contributed by atoms with E-state index in [0.717, 1.165) is 42.9 Å². The Bertz CT molecular complexity index is 1030. The minimum atomic E-state index is -0.363. The standard InChI is InChI=1S/C23H25FN4O2/c24-16-8-9-20-21(13-16)25-23(26-22(20)27-12-10-17(29)14-27)28-11-4-7-19(15-28)30-18-5-2-1-3-6-18/h1-3,5-6,8-9,13,17,19,29H,4,7,10-12,14-15H2. The molecule has 0 spiro atoms. The number of β-amino-alcohol motifs (C(OH)–C–C–N with tert-alkyl or cyclic N) is 1. The van der Waals surface area contributed by atoms with Crippen molar-refractivity contribution in [3.8, 4) is 5.75 Å². The molecular weight excluding hydrogens is 383 g/mol. The highest BCUT2D eigenvalue weighted by Crippen LogP contribution is 2.31. The van der Waals surface area contributed by atoms with Crippen molar-refractivity contribution in [1.29, 1.82) is 0 Å². The largest absolute Gasteiger partial charge is 0.489 e. The molecule has 0 aliphatic carbocycles. The van der Waals surface area contributed by atoms with E-state index in [-0.39, 0.29) is 18.0 Å². The van der Waals surface area contributed by atoms with Crippen LogP contribution in [0.1, 0.15) is 19.3 Å². The molecule has 5 rings (SSSR count). The fourth-order valence-electron chi connectivity index (χ4n) is 4.30. The zero-order valence-electron chi connectivity index (χ0n) is 16.7. The van der Waals surface area contributed by atoms with Crippen molar-refractivity contribution in [2.45, 2.75) is 31.5 Å². The first-order valence-corrected chi connectivity index (χ1v) is 10.5. The van der Waals surface area contributed by atoms with Gasteiger partial charge in [-0.2, -0.15) is 4.98 Å². The van der Waals surface area contributed by atoms with E-state index in [0.29, 0.717) is 31.0 Å². The topological polar surface area (TPSA) is 61.7 Å². The zero-order valence-corrected chi connectivity index (χ0v) is 16.7. The van der Waals surface area contributed by atoms with E-state index in [9.17, 15) is 9.50 Å². The average molecular weight is 408 g/mol. The van der Waals surface area contributed by atoms with Gasteiger partial charge in [-0.1, -0.05) is 18.2 Å². The van der Waals surface area contributed by atoms with Crippen LogP contribution in [0.15, 0.2) is 48.5 Å². The van der Waals surface area contributed by atoms with Gasteiger partial charge in [-0.15, -0.1) is 0 Å². The molecule has 3 aromatic rings. The molecule has 1 aromatic heterocycles. The van der Waals surface area contributed by atoms with Gasteiger partial charge in [0, 0.05) is 31.1 Å². The van der Waals surface area contributed by atoms with E-state index in [1.807, 2.05) is 30.3 Å². The van der Waals surface area contributed by atoms with Crippen molar-refractivity contribution in [3.63, 3.8) is 0 Å². The highest BCUT2D eigenvalue weighted by molar-refractivity contribution is 5.90. The van der Waals surface area contributed by atoms with Crippen LogP contribution in [0.3, 0.4) is 0 Å².